The normalized spacial score (nSPS) is 8.27. The highest BCUT2D eigenvalue weighted by molar-refractivity contribution is 5.60. The van der Waals surface area contributed by atoms with Gasteiger partial charge in [-0.1, -0.05) is 0 Å². The van der Waals surface area contributed by atoms with Crippen molar-refractivity contribution in [3.8, 4) is 0 Å². The third-order valence-corrected chi connectivity index (χ3v) is 1.80. The molecule has 124 valence electrons. The number of imidazole rings is 2. The van der Waals surface area contributed by atoms with Gasteiger partial charge in [0.25, 0.3) is 0 Å². The van der Waals surface area contributed by atoms with Gasteiger partial charge < -0.3 is 19.8 Å². The lowest BCUT2D eigenvalue weighted by Crippen LogP contribution is -2.23. The maximum atomic E-state index is 8.89. The van der Waals surface area contributed by atoms with E-state index in [0.29, 0.717) is 0 Å². The molecule has 0 spiro atoms. The van der Waals surface area contributed by atoms with E-state index in [1.807, 2.05) is 83.9 Å². The Morgan fingerprint density at radius 1 is 0.818 bits per heavy atom. The highest BCUT2D eigenvalue weighted by atomic mass is 16.4. The van der Waals surface area contributed by atoms with Gasteiger partial charge in [-0.3, -0.25) is 0 Å². The van der Waals surface area contributed by atoms with Crippen LogP contribution < -0.4 is 19.3 Å². The van der Waals surface area contributed by atoms with Gasteiger partial charge in [-0.15, -0.1) is 0 Å². The highest BCUT2D eigenvalue weighted by Crippen LogP contribution is 1.71. The van der Waals surface area contributed by atoms with Crippen molar-refractivity contribution >= 4 is 11.9 Å². The minimum absolute atomic E-state index is 0.972. The molecule has 0 aliphatic carbocycles. The predicted octanol–water partition coefficient (Wildman–Crippen LogP) is -2.79. The highest BCUT2D eigenvalue weighted by Gasteiger charge is 1.88. The quantitative estimate of drug-likeness (QED) is 0.491. The number of carboxylic acids is 2. The zero-order chi connectivity index (χ0) is 17.7. The van der Waals surface area contributed by atoms with E-state index in [9.17, 15) is 0 Å². The molecule has 0 atom stereocenters. The minimum atomic E-state index is -1.08. The molecule has 0 aliphatic heterocycles. The Morgan fingerprint density at radius 2 is 1.05 bits per heavy atom. The van der Waals surface area contributed by atoms with Crippen LogP contribution in [0.15, 0.2) is 37.4 Å². The second-order valence-corrected chi connectivity index (χ2v) is 4.47. The number of aromatic nitrogens is 4. The second kappa shape index (κ2) is 12.1. The summed E-state index contributed by atoms with van der Waals surface area (Å²) in [5, 5.41) is 17.8. The van der Waals surface area contributed by atoms with Gasteiger partial charge in [0.1, 0.15) is 24.8 Å². The summed E-state index contributed by atoms with van der Waals surface area (Å²) < 4.78 is 8.00. The lowest BCUT2D eigenvalue weighted by atomic mass is 10.9. The minimum Gasteiger partial charge on any atom is -0.550 e. The van der Waals surface area contributed by atoms with Crippen LogP contribution in [-0.4, -0.2) is 21.1 Å². The molecule has 2 rings (SSSR count). The fraction of sp³-hybridized carbons (Fsp3) is 0.429. The number of carbonyl (C=O) groups excluding carboxylic acids is 2. The molecule has 22 heavy (non-hydrogen) atoms. The van der Waals surface area contributed by atoms with Crippen LogP contribution in [0.25, 0.3) is 0 Å². The monoisotopic (exact) mass is 312 g/mol. The summed E-state index contributed by atoms with van der Waals surface area (Å²) >= 11 is 0. The van der Waals surface area contributed by atoms with Crippen LogP contribution in [0.2, 0.25) is 0 Å². The number of carboxylic acid groups (broad SMARTS) is 2. The summed E-state index contributed by atoms with van der Waals surface area (Å²) in [4.78, 5) is 17.8. The van der Waals surface area contributed by atoms with Crippen molar-refractivity contribution in [3.05, 3.63) is 37.4 Å². The Bertz CT molecular complexity index is 469. The van der Waals surface area contributed by atoms with Crippen LogP contribution in [0.3, 0.4) is 0 Å². The Hall–Kier alpha value is -2.64. The number of rotatable bonds is 0. The number of aliphatic carboxylic acids is 2. The van der Waals surface area contributed by atoms with Crippen molar-refractivity contribution in [3.63, 3.8) is 0 Å². The van der Waals surface area contributed by atoms with E-state index in [1.54, 1.807) is 0 Å². The molecule has 2 aromatic heterocycles. The van der Waals surface area contributed by atoms with E-state index in [1.165, 1.54) is 0 Å². The van der Waals surface area contributed by atoms with Gasteiger partial charge in [-0.2, -0.15) is 0 Å². The number of hydrogen-bond acceptors (Lipinski definition) is 4. The zero-order valence-electron chi connectivity index (χ0n) is 13.9. The summed E-state index contributed by atoms with van der Waals surface area (Å²) in [6, 6.07) is 0. The first-order chi connectivity index (χ1) is 10.0. The van der Waals surface area contributed by atoms with Crippen molar-refractivity contribution in [2.75, 3.05) is 0 Å². The van der Waals surface area contributed by atoms with E-state index in [0.717, 1.165) is 13.8 Å². The average Bonchev–Trinajstić information content (AvgIpc) is 2.86. The summed E-state index contributed by atoms with van der Waals surface area (Å²) in [5.41, 5.74) is 0. The summed E-state index contributed by atoms with van der Waals surface area (Å²) in [6.45, 7) is 1.94. The number of hydrogen-bond donors (Lipinski definition) is 0. The van der Waals surface area contributed by atoms with Crippen LogP contribution in [0.4, 0.5) is 0 Å². The Kier molecular flexibility index (Phi) is 11.9. The first kappa shape index (κ1) is 21.7. The maximum Gasteiger partial charge on any atom is 0.243 e. The molecule has 0 bridgehead atoms. The van der Waals surface area contributed by atoms with Gasteiger partial charge in [0, 0.05) is 11.9 Å². The van der Waals surface area contributed by atoms with E-state index in [2.05, 4.69) is 0 Å². The smallest absolute Gasteiger partial charge is 0.243 e. The van der Waals surface area contributed by atoms with E-state index < -0.39 is 11.9 Å². The van der Waals surface area contributed by atoms with Crippen LogP contribution in [-0.2, 0) is 37.8 Å². The van der Waals surface area contributed by atoms with E-state index in [-0.39, 0.29) is 0 Å². The molecule has 8 heteroatoms. The second-order valence-electron chi connectivity index (χ2n) is 4.47. The molecule has 0 radical (unpaired) electrons. The van der Waals surface area contributed by atoms with Crippen molar-refractivity contribution in [2.24, 2.45) is 28.2 Å². The van der Waals surface area contributed by atoms with Crippen LogP contribution in [0.5, 0.6) is 0 Å². The first-order valence-electron chi connectivity index (χ1n) is 6.34. The molecule has 0 unspecified atom stereocenters. The molecule has 0 fully saturated rings. The van der Waals surface area contributed by atoms with Gasteiger partial charge in [0.15, 0.2) is 0 Å². The van der Waals surface area contributed by atoms with Gasteiger partial charge in [-0.25, -0.2) is 18.3 Å². The lowest BCUT2D eigenvalue weighted by Gasteiger charge is -1.77. The zero-order valence-corrected chi connectivity index (χ0v) is 13.9. The number of aryl methyl sites for hydroxylation is 4. The van der Waals surface area contributed by atoms with Crippen LogP contribution >= 0.6 is 0 Å². The Labute approximate surface area is 130 Å². The van der Waals surface area contributed by atoms with Crippen LogP contribution in [0.1, 0.15) is 13.8 Å². The third kappa shape index (κ3) is 19.7. The van der Waals surface area contributed by atoms with Gasteiger partial charge in [-0.05, 0) is 13.8 Å². The van der Waals surface area contributed by atoms with Crippen LogP contribution in [0, 0.1) is 0 Å². The number of carbonyl (C=O) groups is 2. The van der Waals surface area contributed by atoms with Crippen molar-refractivity contribution in [1.82, 2.24) is 9.13 Å². The number of nitrogens with zero attached hydrogens (tertiary/aromatic N) is 4. The molecular formula is C14H24N4O4. The van der Waals surface area contributed by atoms with E-state index >= 15 is 0 Å². The molecule has 0 aromatic carbocycles. The van der Waals surface area contributed by atoms with Crippen molar-refractivity contribution in [2.45, 2.75) is 13.8 Å². The van der Waals surface area contributed by atoms with Gasteiger partial charge in [0.05, 0.1) is 28.2 Å². The fourth-order valence-electron chi connectivity index (χ4n) is 1.15. The third-order valence-electron chi connectivity index (χ3n) is 1.80. The molecular weight excluding hydrogens is 288 g/mol. The molecule has 0 amide bonds. The average molecular weight is 312 g/mol. The van der Waals surface area contributed by atoms with E-state index in [4.69, 9.17) is 19.8 Å². The lowest BCUT2D eigenvalue weighted by molar-refractivity contribution is -0.671. The van der Waals surface area contributed by atoms with Crippen molar-refractivity contribution < 1.29 is 28.9 Å². The predicted molar refractivity (Wildman–Crippen MR) is 74.5 cm³/mol. The summed E-state index contributed by atoms with van der Waals surface area (Å²) in [6.07, 6.45) is 12.0. The molecule has 0 saturated heterocycles. The first-order valence-corrected chi connectivity index (χ1v) is 6.34. The molecule has 0 N–H and O–H groups in total. The molecule has 2 aromatic rings. The standard InChI is InChI=1S/2C5H9N2.2C2H4O2/c2*1-6-3-4-7(2)5-6;2*1-2(3)4/h2*3-5H,1-2H3;2*1H3,(H,3,4)/q2*+1;;/p-2. The SMILES string of the molecule is CC(=O)[O-].CC(=O)[O-].Cn1cc[n+](C)c1.Cn1cc[n+](C)c1. The Morgan fingerprint density at radius 3 is 1.09 bits per heavy atom. The maximum absolute atomic E-state index is 8.89. The topological polar surface area (TPSA) is 97.9 Å². The summed E-state index contributed by atoms with van der Waals surface area (Å²) in [5.74, 6) is -2.17. The largest absolute Gasteiger partial charge is 0.550 e. The van der Waals surface area contributed by atoms with Crippen molar-refractivity contribution in [1.29, 1.82) is 0 Å². The summed E-state index contributed by atoms with van der Waals surface area (Å²) in [7, 11) is 8.00. The van der Waals surface area contributed by atoms with Gasteiger partial charge in [0.2, 0.25) is 12.7 Å². The Balaban J connectivity index is 0. The van der Waals surface area contributed by atoms with Gasteiger partial charge >= 0.3 is 0 Å². The fourth-order valence-corrected chi connectivity index (χ4v) is 1.15. The molecule has 8 nitrogen and oxygen atoms in total. The molecule has 0 saturated carbocycles. The molecule has 2 heterocycles. The molecule has 0 aliphatic rings.